The molecule has 0 spiro atoms. The molecule has 0 saturated carbocycles. The standard InChI is InChI=1S/C15H24N2O3.C5H12N2/c1-2-3-4-5-13-20-15(19)8-10-17-11-9-16-14(17)7-6-12-18;1-7-3-2-5(6)4-7/h9,11-12H,2-8,10,13H2,1H3;5H,2-4,6H2,1H3. The van der Waals surface area contributed by atoms with Gasteiger partial charge in [-0.15, -0.1) is 0 Å². The van der Waals surface area contributed by atoms with Crippen LogP contribution in [0.1, 0.15) is 57.7 Å². The van der Waals surface area contributed by atoms with Crippen LogP contribution in [0.4, 0.5) is 0 Å². The number of imidazole rings is 1. The fourth-order valence-electron chi connectivity index (χ4n) is 2.93. The predicted octanol–water partition coefficient (Wildman–Crippen LogP) is 2.18. The molecule has 2 rings (SSSR count). The van der Waals surface area contributed by atoms with Gasteiger partial charge in [-0.05, 0) is 26.4 Å². The van der Waals surface area contributed by atoms with Gasteiger partial charge in [-0.3, -0.25) is 4.79 Å². The number of unbranched alkanes of at least 4 members (excludes halogenated alkanes) is 3. The van der Waals surface area contributed by atoms with Crippen LogP contribution in [0, 0.1) is 0 Å². The number of carbonyl (C=O) groups excluding carboxylic acids is 2. The Morgan fingerprint density at radius 3 is 2.81 bits per heavy atom. The number of ether oxygens (including phenoxy) is 1. The normalized spacial score (nSPS) is 16.6. The SMILES string of the molecule is CCCCCCOC(=O)CCn1ccnc1CCC=O.CN1CCC(N)C1. The largest absolute Gasteiger partial charge is 0.466 e. The van der Waals surface area contributed by atoms with Crippen molar-refractivity contribution in [2.24, 2.45) is 5.73 Å². The van der Waals surface area contributed by atoms with Crippen LogP contribution >= 0.6 is 0 Å². The minimum absolute atomic E-state index is 0.170. The first kappa shape index (κ1) is 23.3. The molecule has 0 amide bonds. The molecule has 0 bridgehead atoms. The highest BCUT2D eigenvalue weighted by molar-refractivity contribution is 5.69. The van der Waals surface area contributed by atoms with E-state index in [9.17, 15) is 9.59 Å². The minimum atomic E-state index is -0.170. The molecule has 2 N–H and O–H groups in total. The lowest BCUT2D eigenvalue weighted by Crippen LogP contribution is -2.23. The summed E-state index contributed by atoms with van der Waals surface area (Å²) in [7, 11) is 2.10. The summed E-state index contributed by atoms with van der Waals surface area (Å²) < 4.78 is 7.08. The van der Waals surface area contributed by atoms with Crippen LogP contribution in [0.2, 0.25) is 0 Å². The predicted molar refractivity (Wildman–Crippen MR) is 106 cm³/mol. The second kappa shape index (κ2) is 14.3. The van der Waals surface area contributed by atoms with Gasteiger partial charge in [-0.25, -0.2) is 4.98 Å². The highest BCUT2D eigenvalue weighted by atomic mass is 16.5. The quantitative estimate of drug-likeness (QED) is 0.359. The van der Waals surface area contributed by atoms with E-state index in [-0.39, 0.29) is 5.97 Å². The van der Waals surface area contributed by atoms with Crippen molar-refractivity contribution in [3.8, 4) is 0 Å². The van der Waals surface area contributed by atoms with Gasteiger partial charge in [0.05, 0.1) is 13.0 Å². The van der Waals surface area contributed by atoms with Crippen molar-refractivity contribution in [2.75, 3.05) is 26.7 Å². The molecule has 27 heavy (non-hydrogen) atoms. The second-order valence-electron chi connectivity index (χ2n) is 7.08. The first-order chi connectivity index (χ1) is 13.1. The van der Waals surface area contributed by atoms with Gasteiger partial charge in [0.15, 0.2) is 0 Å². The fraction of sp³-hybridized carbons (Fsp3) is 0.750. The van der Waals surface area contributed by atoms with Gasteiger partial charge in [0.1, 0.15) is 12.1 Å². The number of rotatable bonds is 11. The van der Waals surface area contributed by atoms with E-state index in [0.29, 0.717) is 38.5 Å². The number of hydrogen-bond acceptors (Lipinski definition) is 6. The van der Waals surface area contributed by atoms with Gasteiger partial charge < -0.3 is 24.7 Å². The molecule has 1 aromatic rings. The van der Waals surface area contributed by atoms with E-state index in [2.05, 4.69) is 23.9 Å². The first-order valence-corrected chi connectivity index (χ1v) is 10.1. The molecular weight excluding hydrogens is 344 g/mol. The van der Waals surface area contributed by atoms with E-state index in [1.165, 1.54) is 25.8 Å². The summed E-state index contributed by atoms with van der Waals surface area (Å²) in [6.07, 6.45) is 11.4. The molecule has 2 heterocycles. The highest BCUT2D eigenvalue weighted by Gasteiger charge is 2.13. The van der Waals surface area contributed by atoms with Gasteiger partial charge in [0, 0.05) is 44.4 Å². The third-order valence-corrected chi connectivity index (χ3v) is 4.53. The van der Waals surface area contributed by atoms with Crippen molar-refractivity contribution >= 4 is 12.3 Å². The highest BCUT2D eigenvalue weighted by Crippen LogP contribution is 2.04. The number of likely N-dealkylation sites (tertiary alicyclic amines) is 1. The Hall–Kier alpha value is -1.73. The molecular formula is C20H36N4O3. The Bertz CT molecular complexity index is 525. The Labute approximate surface area is 163 Å². The number of nitrogens with zero attached hydrogens (tertiary/aromatic N) is 3. The van der Waals surface area contributed by atoms with E-state index >= 15 is 0 Å². The average Bonchev–Trinajstić information content (AvgIpc) is 3.26. The number of aldehydes is 1. The van der Waals surface area contributed by atoms with Crippen molar-refractivity contribution < 1.29 is 14.3 Å². The molecule has 7 heteroatoms. The molecule has 1 aliphatic heterocycles. The molecule has 1 atom stereocenters. The lowest BCUT2D eigenvalue weighted by molar-refractivity contribution is -0.144. The van der Waals surface area contributed by atoms with Gasteiger partial charge in [-0.2, -0.15) is 0 Å². The Morgan fingerprint density at radius 2 is 2.22 bits per heavy atom. The van der Waals surface area contributed by atoms with Crippen molar-refractivity contribution in [2.45, 2.75) is 70.9 Å². The Kier molecular flexibility index (Phi) is 12.4. The van der Waals surface area contributed by atoms with Crippen LogP contribution in [-0.2, 0) is 27.3 Å². The second-order valence-corrected chi connectivity index (χ2v) is 7.08. The third-order valence-electron chi connectivity index (χ3n) is 4.53. The Balaban J connectivity index is 0.000000433. The topological polar surface area (TPSA) is 90.5 Å². The smallest absolute Gasteiger partial charge is 0.307 e. The molecule has 1 aliphatic rings. The summed E-state index contributed by atoms with van der Waals surface area (Å²) in [6.45, 7) is 5.49. The summed E-state index contributed by atoms with van der Waals surface area (Å²) in [5, 5.41) is 0. The Morgan fingerprint density at radius 1 is 1.41 bits per heavy atom. The number of esters is 1. The van der Waals surface area contributed by atoms with E-state index in [1.54, 1.807) is 6.20 Å². The van der Waals surface area contributed by atoms with Crippen molar-refractivity contribution in [3.05, 3.63) is 18.2 Å². The number of aromatic nitrogens is 2. The number of likely N-dealkylation sites (N-methyl/N-ethyl adjacent to an activating group) is 1. The molecule has 0 radical (unpaired) electrons. The maximum Gasteiger partial charge on any atom is 0.307 e. The van der Waals surface area contributed by atoms with E-state index in [4.69, 9.17) is 10.5 Å². The maximum atomic E-state index is 11.6. The monoisotopic (exact) mass is 380 g/mol. The van der Waals surface area contributed by atoms with Crippen LogP contribution in [0.25, 0.3) is 0 Å². The van der Waals surface area contributed by atoms with Crippen molar-refractivity contribution in [1.29, 1.82) is 0 Å². The average molecular weight is 381 g/mol. The zero-order valence-corrected chi connectivity index (χ0v) is 16.9. The summed E-state index contributed by atoms with van der Waals surface area (Å²) in [4.78, 5) is 28.4. The lowest BCUT2D eigenvalue weighted by Gasteiger charge is -2.07. The van der Waals surface area contributed by atoms with E-state index < -0.39 is 0 Å². The molecule has 1 aromatic heterocycles. The van der Waals surface area contributed by atoms with Gasteiger partial charge in [0.2, 0.25) is 0 Å². The maximum absolute atomic E-state index is 11.6. The molecule has 1 saturated heterocycles. The first-order valence-electron chi connectivity index (χ1n) is 10.1. The molecule has 7 nitrogen and oxygen atoms in total. The van der Waals surface area contributed by atoms with Crippen LogP contribution in [0.5, 0.6) is 0 Å². The summed E-state index contributed by atoms with van der Waals surface area (Å²) in [5.41, 5.74) is 5.58. The van der Waals surface area contributed by atoms with Crippen molar-refractivity contribution in [1.82, 2.24) is 14.5 Å². The zero-order valence-electron chi connectivity index (χ0n) is 16.9. The lowest BCUT2D eigenvalue weighted by atomic mass is 10.2. The van der Waals surface area contributed by atoms with Crippen LogP contribution in [0.3, 0.4) is 0 Å². The van der Waals surface area contributed by atoms with Crippen molar-refractivity contribution in [3.63, 3.8) is 0 Å². The van der Waals surface area contributed by atoms with Gasteiger partial charge >= 0.3 is 5.97 Å². The van der Waals surface area contributed by atoms with Gasteiger partial charge in [-0.1, -0.05) is 26.2 Å². The summed E-state index contributed by atoms with van der Waals surface area (Å²) >= 11 is 0. The number of carbonyl (C=O) groups is 2. The van der Waals surface area contributed by atoms with Gasteiger partial charge in [0.25, 0.3) is 0 Å². The third kappa shape index (κ3) is 10.9. The van der Waals surface area contributed by atoms with Crippen LogP contribution < -0.4 is 5.73 Å². The van der Waals surface area contributed by atoms with E-state index in [1.807, 2.05) is 10.8 Å². The number of aryl methyl sites for hydroxylation is 2. The molecule has 1 unspecified atom stereocenters. The molecule has 0 aromatic carbocycles. The molecule has 154 valence electrons. The van der Waals surface area contributed by atoms with Crippen LogP contribution in [-0.4, -0.2) is 59.5 Å². The molecule has 1 fully saturated rings. The summed E-state index contributed by atoms with van der Waals surface area (Å²) in [6, 6.07) is 0.449. The van der Waals surface area contributed by atoms with Crippen LogP contribution in [0.15, 0.2) is 12.4 Å². The number of hydrogen-bond donors (Lipinski definition) is 1. The fourth-order valence-corrected chi connectivity index (χ4v) is 2.93. The zero-order chi connectivity index (χ0) is 19.9. The number of nitrogens with two attached hydrogens (primary N) is 1. The molecule has 0 aliphatic carbocycles. The van der Waals surface area contributed by atoms with E-state index in [0.717, 1.165) is 31.5 Å². The summed E-state index contributed by atoms with van der Waals surface area (Å²) in [5.74, 6) is 0.671. The minimum Gasteiger partial charge on any atom is -0.466 e.